The first-order chi connectivity index (χ1) is 12.9. The molecule has 3 heterocycles. The number of aliphatic hydroxyl groups excluding tert-OH is 1. The highest BCUT2D eigenvalue weighted by Gasteiger charge is 2.46. The minimum absolute atomic E-state index is 0.131. The lowest BCUT2D eigenvalue weighted by Crippen LogP contribution is -2.36. The third kappa shape index (κ3) is 2.80. The van der Waals surface area contributed by atoms with Gasteiger partial charge in [0.15, 0.2) is 5.78 Å². The Bertz CT molecular complexity index is 936. The first kappa shape index (κ1) is 18.0. The molecule has 4 rings (SSSR count). The Morgan fingerprint density at radius 3 is 2.44 bits per heavy atom. The van der Waals surface area contributed by atoms with Crippen LogP contribution in [0, 0.1) is 32.1 Å². The number of carbonyl (C=O) groups is 1. The SMILES string of the molecule is Cc1c(C(=O)CN2C3CCC2[C@@H](O)C3)c(C)n(-c2ccc(C#N)cc2)c1C. The summed E-state index contributed by atoms with van der Waals surface area (Å²) in [5.41, 5.74) is 5.36. The summed E-state index contributed by atoms with van der Waals surface area (Å²) < 4.78 is 2.09. The summed E-state index contributed by atoms with van der Waals surface area (Å²) in [7, 11) is 0. The molecule has 0 aliphatic carbocycles. The summed E-state index contributed by atoms with van der Waals surface area (Å²) in [6.07, 6.45) is 2.57. The fraction of sp³-hybridized carbons (Fsp3) is 0.455. The van der Waals surface area contributed by atoms with Crippen molar-refractivity contribution >= 4 is 5.78 Å². The van der Waals surface area contributed by atoms with Crippen LogP contribution in [0.5, 0.6) is 0 Å². The van der Waals surface area contributed by atoms with Gasteiger partial charge in [0.1, 0.15) is 0 Å². The van der Waals surface area contributed by atoms with E-state index in [1.54, 1.807) is 12.1 Å². The van der Waals surface area contributed by atoms with Crippen molar-refractivity contribution in [2.24, 2.45) is 0 Å². The highest BCUT2D eigenvalue weighted by molar-refractivity contribution is 6.00. The quantitative estimate of drug-likeness (QED) is 0.848. The average Bonchev–Trinajstić information content (AvgIpc) is 3.24. The molecular weight excluding hydrogens is 338 g/mol. The van der Waals surface area contributed by atoms with Gasteiger partial charge in [0, 0.05) is 34.7 Å². The fourth-order valence-corrected chi connectivity index (χ4v) is 5.03. The molecule has 2 fully saturated rings. The van der Waals surface area contributed by atoms with Gasteiger partial charge in [-0.25, -0.2) is 0 Å². The molecular formula is C22H25N3O2. The van der Waals surface area contributed by atoms with Crippen molar-refractivity contribution < 1.29 is 9.90 Å². The van der Waals surface area contributed by atoms with Gasteiger partial charge in [-0.05, 0) is 69.9 Å². The Balaban J connectivity index is 1.65. The number of nitriles is 1. The Morgan fingerprint density at radius 2 is 1.89 bits per heavy atom. The number of ketones is 1. The number of hydrogen-bond donors (Lipinski definition) is 1. The molecule has 2 aliphatic rings. The van der Waals surface area contributed by atoms with E-state index in [0.717, 1.165) is 47.5 Å². The largest absolute Gasteiger partial charge is 0.391 e. The number of benzene rings is 1. The minimum atomic E-state index is -0.288. The van der Waals surface area contributed by atoms with Crippen LogP contribution >= 0.6 is 0 Å². The van der Waals surface area contributed by atoms with Crippen LogP contribution < -0.4 is 0 Å². The molecule has 3 atom stereocenters. The van der Waals surface area contributed by atoms with Crippen LogP contribution in [0.3, 0.4) is 0 Å². The lowest BCUT2D eigenvalue weighted by atomic mass is 9.98. The lowest BCUT2D eigenvalue weighted by molar-refractivity contribution is 0.0873. The van der Waals surface area contributed by atoms with E-state index in [1.165, 1.54) is 0 Å². The first-order valence-corrected chi connectivity index (χ1v) is 9.58. The number of carbonyl (C=O) groups excluding carboxylic acids is 1. The molecule has 2 aliphatic heterocycles. The average molecular weight is 363 g/mol. The Morgan fingerprint density at radius 1 is 1.19 bits per heavy atom. The van der Waals surface area contributed by atoms with Gasteiger partial charge in [-0.1, -0.05) is 0 Å². The minimum Gasteiger partial charge on any atom is -0.391 e. The number of aliphatic hydroxyl groups is 1. The van der Waals surface area contributed by atoms with E-state index in [1.807, 2.05) is 32.9 Å². The summed E-state index contributed by atoms with van der Waals surface area (Å²) in [6.45, 7) is 6.40. The Hall–Kier alpha value is -2.42. The van der Waals surface area contributed by atoms with E-state index in [4.69, 9.17) is 5.26 Å². The Kier molecular flexibility index (Phi) is 4.41. The number of rotatable bonds is 4. The topological polar surface area (TPSA) is 69.3 Å². The molecule has 5 heteroatoms. The van der Waals surface area contributed by atoms with Gasteiger partial charge >= 0.3 is 0 Å². The maximum atomic E-state index is 13.2. The molecule has 0 spiro atoms. The van der Waals surface area contributed by atoms with Crippen molar-refractivity contribution in [1.29, 1.82) is 5.26 Å². The van der Waals surface area contributed by atoms with Crippen LogP contribution in [0.1, 0.15) is 52.1 Å². The first-order valence-electron chi connectivity index (χ1n) is 9.58. The van der Waals surface area contributed by atoms with E-state index >= 15 is 0 Å². The summed E-state index contributed by atoms with van der Waals surface area (Å²) in [5, 5.41) is 19.1. The van der Waals surface area contributed by atoms with Crippen LogP contribution in [-0.2, 0) is 0 Å². The lowest BCUT2D eigenvalue weighted by Gasteiger charge is -2.21. The van der Waals surface area contributed by atoms with Gasteiger partial charge < -0.3 is 9.67 Å². The van der Waals surface area contributed by atoms with Crippen molar-refractivity contribution in [3.63, 3.8) is 0 Å². The van der Waals surface area contributed by atoms with Gasteiger partial charge in [-0.3, -0.25) is 9.69 Å². The van der Waals surface area contributed by atoms with Gasteiger partial charge in [0.2, 0.25) is 0 Å². The summed E-state index contributed by atoms with van der Waals surface area (Å²) in [5.74, 6) is 0.131. The van der Waals surface area contributed by atoms with Gasteiger partial charge in [0.25, 0.3) is 0 Å². The predicted octanol–water partition coefficient (Wildman–Crippen LogP) is 3.05. The zero-order chi connectivity index (χ0) is 19.3. The van der Waals surface area contributed by atoms with Crippen LogP contribution in [0.4, 0.5) is 0 Å². The molecule has 1 N–H and O–H groups in total. The zero-order valence-corrected chi connectivity index (χ0v) is 16.1. The third-order valence-corrected chi connectivity index (χ3v) is 6.46. The van der Waals surface area contributed by atoms with Crippen LogP contribution in [0.25, 0.3) is 5.69 Å². The Labute approximate surface area is 159 Å². The van der Waals surface area contributed by atoms with Crippen molar-refractivity contribution in [2.45, 2.75) is 58.2 Å². The number of fused-ring (bicyclic) bond motifs is 2. The molecule has 2 saturated heterocycles. The molecule has 2 bridgehead atoms. The zero-order valence-electron chi connectivity index (χ0n) is 16.1. The van der Waals surface area contributed by atoms with Crippen LogP contribution in [-0.4, -0.2) is 45.1 Å². The monoisotopic (exact) mass is 363 g/mol. The molecule has 27 heavy (non-hydrogen) atoms. The molecule has 140 valence electrons. The molecule has 5 nitrogen and oxygen atoms in total. The van der Waals surface area contributed by atoms with E-state index in [-0.39, 0.29) is 17.9 Å². The van der Waals surface area contributed by atoms with Crippen molar-refractivity contribution in [3.8, 4) is 11.8 Å². The molecule has 2 unspecified atom stereocenters. The second-order valence-electron chi connectivity index (χ2n) is 7.86. The molecule has 1 aromatic heterocycles. The maximum absolute atomic E-state index is 13.2. The number of aromatic nitrogens is 1. The number of hydrogen-bond acceptors (Lipinski definition) is 4. The van der Waals surface area contributed by atoms with Crippen LogP contribution in [0.2, 0.25) is 0 Å². The molecule has 2 aromatic rings. The van der Waals surface area contributed by atoms with Crippen LogP contribution in [0.15, 0.2) is 24.3 Å². The van der Waals surface area contributed by atoms with Gasteiger partial charge in [0.05, 0.1) is 24.3 Å². The van der Waals surface area contributed by atoms with Crippen molar-refractivity contribution in [1.82, 2.24) is 9.47 Å². The molecule has 0 saturated carbocycles. The number of Topliss-reactive ketones (excluding diaryl/α,β-unsaturated/α-hetero) is 1. The second kappa shape index (κ2) is 6.63. The summed E-state index contributed by atoms with van der Waals surface area (Å²) >= 11 is 0. The normalized spacial score (nSPS) is 24.3. The van der Waals surface area contributed by atoms with Gasteiger partial charge in [-0.15, -0.1) is 0 Å². The fourth-order valence-electron chi connectivity index (χ4n) is 5.03. The highest BCUT2D eigenvalue weighted by Crippen LogP contribution is 2.38. The number of nitrogens with zero attached hydrogens (tertiary/aromatic N) is 3. The van der Waals surface area contributed by atoms with E-state index < -0.39 is 0 Å². The summed E-state index contributed by atoms with van der Waals surface area (Å²) in [4.78, 5) is 15.4. The van der Waals surface area contributed by atoms with Gasteiger partial charge in [-0.2, -0.15) is 5.26 Å². The molecule has 1 aromatic carbocycles. The molecule has 0 radical (unpaired) electrons. The van der Waals surface area contributed by atoms with E-state index in [9.17, 15) is 9.90 Å². The maximum Gasteiger partial charge on any atom is 0.178 e. The van der Waals surface area contributed by atoms with E-state index in [2.05, 4.69) is 15.5 Å². The molecule has 0 amide bonds. The smallest absolute Gasteiger partial charge is 0.178 e. The van der Waals surface area contributed by atoms with E-state index in [0.29, 0.717) is 18.2 Å². The predicted molar refractivity (Wildman–Crippen MR) is 103 cm³/mol. The third-order valence-electron chi connectivity index (χ3n) is 6.46. The highest BCUT2D eigenvalue weighted by atomic mass is 16.3. The summed E-state index contributed by atoms with van der Waals surface area (Å²) in [6, 6.07) is 10.1. The van der Waals surface area contributed by atoms with Crippen molar-refractivity contribution in [2.75, 3.05) is 6.54 Å². The van der Waals surface area contributed by atoms with Crippen molar-refractivity contribution in [3.05, 3.63) is 52.3 Å². The standard InChI is InChI=1S/C22H25N3O2/c1-13-14(2)25(17-6-4-16(11-23)5-7-17)15(3)22(13)21(27)12-24-18-8-9-19(24)20(26)10-18/h4-7,18-20,26H,8-10,12H2,1-3H3/t18?,19?,20-/m0/s1. The second-order valence-corrected chi connectivity index (χ2v) is 7.86.